The second kappa shape index (κ2) is 9.83. The molecule has 0 bridgehead atoms. The van der Waals surface area contributed by atoms with Gasteiger partial charge in [0.1, 0.15) is 5.75 Å². The number of aromatic hydroxyl groups is 1. The molecule has 6 nitrogen and oxygen atoms in total. The Morgan fingerprint density at radius 1 is 1.11 bits per heavy atom. The molecule has 2 aliphatic rings. The molecule has 0 aromatic heterocycles. The van der Waals surface area contributed by atoms with Crippen molar-refractivity contribution in [3.8, 4) is 5.75 Å². The molecule has 0 amide bonds. The Morgan fingerprint density at radius 3 is 2.44 bits per heavy atom. The summed E-state index contributed by atoms with van der Waals surface area (Å²) >= 11 is 0. The molecule has 2 N–H and O–H groups in total. The quantitative estimate of drug-likeness (QED) is 0.612. The van der Waals surface area contributed by atoms with Crippen LogP contribution in [0.3, 0.4) is 0 Å². The Labute approximate surface area is 163 Å². The van der Waals surface area contributed by atoms with Gasteiger partial charge in [-0.15, -0.1) is 0 Å². The number of aliphatic imine (C=N–C) groups is 1. The Bertz CT molecular complexity index is 604. The van der Waals surface area contributed by atoms with Gasteiger partial charge in [-0.3, -0.25) is 4.99 Å². The van der Waals surface area contributed by atoms with Gasteiger partial charge < -0.3 is 25.1 Å². The maximum atomic E-state index is 10.1. The summed E-state index contributed by atoms with van der Waals surface area (Å²) in [5.74, 6) is 2.22. The first-order chi connectivity index (χ1) is 13.2. The van der Waals surface area contributed by atoms with Crippen molar-refractivity contribution in [3.63, 3.8) is 0 Å². The number of piperazine rings is 1. The molecular weight excluding hydrogens is 338 g/mol. The zero-order valence-corrected chi connectivity index (χ0v) is 16.9. The van der Waals surface area contributed by atoms with Gasteiger partial charge in [0.15, 0.2) is 5.96 Å². The molecule has 2 aliphatic heterocycles. The molecule has 0 saturated carbocycles. The SMILES string of the molecule is CCN1CCC(CCNC(=NC)N2CCN(c3ccccc3O)CC2)CC1. The Kier molecular flexibility index (Phi) is 7.21. The Balaban J connectivity index is 1.41. The van der Waals surface area contributed by atoms with Gasteiger partial charge in [0.05, 0.1) is 5.69 Å². The minimum atomic E-state index is 0.363. The highest BCUT2D eigenvalue weighted by Gasteiger charge is 2.22. The topological polar surface area (TPSA) is 54.3 Å². The highest BCUT2D eigenvalue weighted by atomic mass is 16.3. The van der Waals surface area contributed by atoms with Gasteiger partial charge in [-0.2, -0.15) is 0 Å². The number of piperidine rings is 1. The number of nitrogens with one attached hydrogen (secondary N) is 1. The van der Waals surface area contributed by atoms with E-state index < -0.39 is 0 Å². The fourth-order valence-electron chi connectivity index (χ4n) is 4.20. The van der Waals surface area contributed by atoms with Crippen LogP contribution in [-0.2, 0) is 0 Å². The zero-order chi connectivity index (χ0) is 19.1. The van der Waals surface area contributed by atoms with E-state index in [0.717, 1.165) is 50.3 Å². The van der Waals surface area contributed by atoms with Crippen LogP contribution in [0.5, 0.6) is 5.75 Å². The zero-order valence-electron chi connectivity index (χ0n) is 16.9. The predicted octanol–water partition coefficient (Wildman–Crippen LogP) is 2.21. The summed E-state index contributed by atoms with van der Waals surface area (Å²) in [6.07, 6.45) is 3.88. The second-order valence-electron chi connectivity index (χ2n) is 7.60. The molecular formula is C21H35N5O. The van der Waals surface area contributed by atoms with E-state index in [1.54, 1.807) is 6.07 Å². The lowest BCUT2D eigenvalue weighted by Crippen LogP contribution is -2.52. The first-order valence-electron chi connectivity index (χ1n) is 10.4. The normalized spacial score (nSPS) is 20.1. The van der Waals surface area contributed by atoms with E-state index >= 15 is 0 Å². The lowest BCUT2D eigenvalue weighted by atomic mass is 9.93. The van der Waals surface area contributed by atoms with Crippen LogP contribution < -0.4 is 10.2 Å². The van der Waals surface area contributed by atoms with Crippen molar-refractivity contribution in [2.45, 2.75) is 26.2 Å². The molecule has 27 heavy (non-hydrogen) atoms. The molecule has 0 spiro atoms. The Morgan fingerprint density at radius 2 is 1.81 bits per heavy atom. The fourth-order valence-corrected chi connectivity index (χ4v) is 4.20. The van der Waals surface area contributed by atoms with Crippen LogP contribution in [0, 0.1) is 5.92 Å². The average molecular weight is 374 g/mol. The lowest BCUT2D eigenvalue weighted by Gasteiger charge is -2.38. The van der Waals surface area contributed by atoms with Crippen LogP contribution in [0.1, 0.15) is 26.2 Å². The predicted molar refractivity (Wildman–Crippen MR) is 113 cm³/mol. The summed E-state index contributed by atoms with van der Waals surface area (Å²) in [5, 5.41) is 13.6. The summed E-state index contributed by atoms with van der Waals surface area (Å²) in [6, 6.07) is 7.59. The number of phenolic OH excluding ortho intramolecular Hbond substituents is 1. The largest absolute Gasteiger partial charge is 0.506 e. The van der Waals surface area contributed by atoms with E-state index in [0.29, 0.717) is 5.75 Å². The average Bonchev–Trinajstić information content (AvgIpc) is 2.72. The van der Waals surface area contributed by atoms with E-state index in [2.05, 4.69) is 31.9 Å². The summed E-state index contributed by atoms with van der Waals surface area (Å²) < 4.78 is 0. The molecule has 0 unspecified atom stereocenters. The monoisotopic (exact) mass is 373 g/mol. The number of nitrogens with zero attached hydrogens (tertiary/aromatic N) is 4. The summed E-state index contributed by atoms with van der Waals surface area (Å²) in [5.41, 5.74) is 0.929. The third-order valence-electron chi connectivity index (χ3n) is 6.00. The van der Waals surface area contributed by atoms with E-state index in [1.807, 2.05) is 25.2 Å². The van der Waals surface area contributed by atoms with Crippen LogP contribution in [-0.4, -0.2) is 80.3 Å². The third kappa shape index (κ3) is 5.28. The number of phenols is 1. The molecule has 6 heteroatoms. The molecule has 1 aromatic rings. The standard InChI is InChI=1S/C21H35N5O/c1-3-24-12-9-18(10-13-24)8-11-23-21(22-2)26-16-14-25(15-17-26)19-6-4-5-7-20(19)27/h4-7,18,27H,3,8-17H2,1-2H3,(H,22,23). The van der Waals surface area contributed by atoms with Gasteiger partial charge in [-0.1, -0.05) is 19.1 Å². The molecule has 1 aromatic carbocycles. The highest BCUT2D eigenvalue weighted by Crippen LogP contribution is 2.27. The number of rotatable bonds is 5. The van der Waals surface area contributed by atoms with Crippen molar-refractivity contribution in [2.24, 2.45) is 10.9 Å². The van der Waals surface area contributed by atoms with Crippen LogP contribution >= 0.6 is 0 Å². The van der Waals surface area contributed by atoms with Gasteiger partial charge in [-0.05, 0) is 56.9 Å². The van der Waals surface area contributed by atoms with Gasteiger partial charge >= 0.3 is 0 Å². The van der Waals surface area contributed by atoms with Crippen molar-refractivity contribution >= 4 is 11.6 Å². The van der Waals surface area contributed by atoms with Crippen LogP contribution in [0.4, 0.5) is 5.69 Å². The number of likely N-dealkylation sites (tertiary alicyclic amines) is 1. The van der Waals surface area contributed by atoms with E-state index in [9.17, 15) is 5.11 Å². The molecule has 2 heterocycles. The third-order valence-corrected chi connectivity index (χ3v) is 6.00. The van der Waals surface area contributed by atoms with Crippen LogP contribution in [0.25, 0.3) is 0 Å². The van der Waals surface area contributed by atoms with Gasteiger partial charge in [-0.25, -0.2) is 0 Å². The van der Waals surface area contributed by atoms with E-state index in [-0.39, 0.29) is 0 Å². The summed E-state index contributed by atoms with van der Waals surface area (Å²) in [7, 11) is 1.87. The number of guanidine groups is 1. The minimum absolute atomic E-state index is 0.363. The van der Waals surface area contributed by atoms with Crippen LogP contribution in [0.15, 0.2) is 29.3 Å². The molecule has 0 radical (unpaired) electrons. The van der Waals surface area contributed by atoms with Crippen molar-refractivity contribution < 1.29 is 5.11 Å². The highest BCUT2D eigenvalue weighted by molar-refractivity contribution is 5.80. The number of benzene rings is 1. The van der Waals surface area contributed by atoms with Crippen LogP contribution in [0.2, 0.25) is 0 Å². The number of anilines is 1. The first-order valence-corrected chi connectivity index (χ1v) is 10.4. The molecule has 3 rings (SSSR count). The smallest absolute Gasteiger partial charge is 0.193 e. The first kappa shape index (κ1) is 19.8. The second-order valence-corrected chi connectivity index (χ2v) is 7.60. The molecule has 2 saturated heterocycles. The van der Waals surface area contributed by atoms with Gasteiger partial charge in [0.2, 0.25) is 0 Å². The molecule has 150 valence electrons. The number of hydrogen-bond donors (Lipinski definition) is 2. The van der Waals surface area contributed by atoms with Crippen molar-refractivity contribution in [1.29, 1.82) is 0 Å². The van der Waals surface area contributed by atoms with Crippen molar-refractivity contribution in [1.82, 2.24) is 15.1 Å². The van der Waals surface area contributed by atoms with E-state index in [4.69, 9.17) is 0 Å². The summed E-state index contributed by atoms with van der Waals surface area (Å²) in [4.78, 5) is 11.6. The number of para-hydroxylation sites is 2. The minimum Gasteiger partial charge on any atom is -0.506 e. The fraction of sp³-hybridized carbons (Fsp3) is 0.667. The van der Waals surface area contributed by atoms with Gasteiger partial charge in [0, 0.05) is 39.8 Å². The summed E-state index contributed by atoms with van der Waals surface area (Å²) in [6.45, 7) is 10.6. The van der Waals surface area contributed by atoms with Crippen molar-refractivity contribution in [3.05, 3.63) is 24.3 Å². The lowest BCUT2D eigenvalue weighted by molar-refractivity contribution is 0.187. The van der Waals surface area contributed by atoms with Gasteiger partial charge in [0.25, 0.3) is 0 Å². The molecule has 0 atom stereocenters. The maximum Gasteiger partial charge on any atom is 0.193 e. The number of hydrogen-bond acceptors (Lipinski definition) is 4. The molecule has 0 aliphatic carbocycles. The van der Waals surface area contributed by atoms with Crippen molar-refractivity contribution in [2.75, 3.05) is 64.3 Å². The van der Waals surface area contributed by atoms with E-state index in [1.165, 1.54) is 38.9 Å². The molecule has 2 fully saturated rings. The Hall–Kier alpha value is -1.95. The maximum absolute atomic E-state index is 10.1.